The zero-order chi connectivity index (χ0) is 19.0. The van der Waals surface area contributed by atoms with Crippen LogP contribution < -0.4 is 5.32 Å². The van der Waals surface area contributed by atoms with Crippen LogP contribution in [0.15, 0.2) is 30.6 Å². The molecule has 1 saturated carbocycles. The van der Waals surface area contributed by atoms with E-state index in [1.54, 1.807) is 6.33 Å². The quantitative estimate of drug-likeness (QED) is 0.697. The highest BCUT2D eigenvalue weighted by Gasteiger charge is 2.36. The van der Waals surface area contributed by atoms with Gasteiger partial charge in [-0.05, 0) is 37.8 Å². The molecule has 7 heteroatoms. The van der Waals surface area contributed by atoms with Gasteiger partial charge in [-0.1, -0.05) is 26.0 Å². The molecule has 1 N–H and O–H groups in total. The molecule has 0 bridgehead atoms. The molecule has 0 aliphatic heterocycles. The van der Waals surface area contributed by atoms with Crippen LogP contribution in [0.4, 0.5) is 0 Å². The fourth-order valence-corrected chi connectivity index (χ4v) is 3.64. The summed E-state index contributed by atoms with van der Waals surface area (Å²) in [5, 5.41) is 7.48. The first-order chi connectivity index (χ1) is 13.1. The monoisotopic (exact) mass is 366 g/mol. The minimum Gasteiger partial charge on any atom is -0.344 e. The van der Waals surface area contributed by atoms with Crippen LogP contribution in [0.1, 0.15) is 57.2 Å². The number of carbonyl (C=O) groups is 1. The summed E-state index contributed by atoms with van der Waals surface area (Å²) in [4.78, 5) is 22.1. The number of nitrogens with one attached hydrogen (secondary N) is 1. The number of aromatic nitrogens is 5. The third-order valence-electron chi connectivity index (χ3n) is 5.14. The van der Waals surface area contributed by atoms with Crippen molar-refractivity contribution >= 4 is 16.9 Å². The largest absolute Gasteiger partial charge is 0.344 e. The predicted octanol–water partition coefficient (Wildman–Crippen LogP) is 3.04. The average molecular weight is 366 g/mol. The van der Waals surface area contributed by atoms with E-state index >= 15 is 0 Å². The zero-order valence-corrected chi connectivity index (χ0v) is 16.1. The van der Waals surface area contributed by atoms with Crippen molar-refractivity contribution in [2.75, 3.05) is 0 Å². The molecule has 1 aromatic carbocycles. The Labute approximate surface area is 158 Å². The van der Waals surface area contributed by atoms with Gasteiger partial charge in [0, 0.05) is 12.5 Å². The maximum atomic E-state index is 12.9. The van der Waals surface area contributed by atoms with Gasteiger partial charge in [0.1, 0.15) is 24.5 Å². The molecular formula is C20H26N6O. The van der Waals surface area contributed by atoms with Crippen molar-refractivity contribution in [3.63, 3.8) is 0 Å². The van der Waals surface area contributed by atoms with Crippen LogP contribution in [-0.4, -0.2) is 30.2 Å². The first kappa shape index (κ1) is 17.7. The number of para-hydroxylation sites is 2. The van der Waals surface area contributed by atoms with Gasteiger partial charge in [-0.2, -0.15) is 5.10 Å². The number of amides is 1. The molecule has 7 nitrogen and oxygen atoms in total. The van der Waals surface area contributed by atoms with Gasteiger partial charge in [0.25, 0.3) is 0 Å². The number of benzene rings is 1. The molecule has 1 atom stereocenters. The van der Waals surface area contributed by atoms with Crippen molar-refractivity contribution < 1.29 is 4.79 Å². The second kappa shape index (κ2) is 7.13. The number of rotatable bonds is 7. The Kier molecular flexibility index (Phi) is 4.68. The second-order valence-electron chi connectivity index (χ2n) is 7.52. The third-order valence-corrected chi connectivity index (χ3v) is 5.14. The van der Waals surface area contributed by atoms with Gasteiger partial charge in [-0.25, -0.2) is 14.6 Å². The molecule has 1 unspecified atom stereocenters. The highest BCUT2D eigenvalue weighted by atomic mass is 16.2. The zero-order valence-electron chi connectivity index (χ0n) is 16.1. The molecule has 1 fully saturated rings. The Morgan fingerprint density at radius 1 is 1.26 bits per heavy atom. The topological polar surface area (TPSA) is 77.6 Å². The molecule has 3 aromatic rings. The van der Waals surface area contributed by atoms with E-state index in [1.807, 2.05) is 40.4 Å². The van der Waals surface area contributed by atoms with E-state index in [9.17, 15) is 4.79 Å². The van der Waals surface area contributed by atoms with Gasteiger partial charge in [-0.3, -0.25) is 4.79 Å². The van der Waals surface area contributed by atoms with E-state index in [4.69, 9.17) is 4.98 Å². The summed E-state index contributed by atoms with van der Waals surface area (Å²) in [6.07, 6.45) is 3.81. The van der Waals surface area contributed by atoms with E-state index in [-0.39, 0.29) is 24.4 Å². The molecule has 0 spiro atoms. The minimum atomic E-state index is -0.0720. The van der Waals surface area contributed by atoms with E-state index in [1.165, 1.54) is 0 Å². The molecule has 2 heterocycles. The van der Waals surface area contributed by atoms with Crippen LogP contribution in [0.5, 0.6) is 0 Å². The van der Waals surface area contributed by atoms with Gasteiger partial charge in [0.2, 0.25) is 5.91 Å². The normalized spacial score (nSPS) is 15.4. The average Bonchev–Trinajstić information content (AvgIpc) is 3.27. The summed E-state index contributed by atoms with van der Waals surface area (Å²) < 4.78 is 3.90. The van der Waals surface area contributed by atoms with Crippen molar-refractivity contribution in [3.05, 3.63) is 42.2 Å². The van der Waals surface area contributed by atoms with E-state index in [0.29, 0.717) is 5.92 Å². The van der Waals surface area contributed by atoms with Crippen molar-refractivity contribution in [1.29, 1.82) is 0 Å². The fourth-order valence-electron chi connectivity index (χ4n) is 3.64. The molecular weight excluding hydrogens is 340 g/mol. The number of carbonyl (C=O) groups excluding carboxylic acids is 1. The molecule has 2 aromatic heterocycles. The summed E-state index contributed by atoms with van der Waals surface area (Å²) in [7, 11) is 0. The second-order valence-corrected chi connectivity index (χ2v) is 7.52. The van der Waals surface area contributed by atoms with Crippen molar-refractivity contribution in [1.82, 2.24) is 29.6 Å². The van der Waals surface area contributed by atoms with E-state index < -0.39 is 0 Å². The lowest BCUT2D eigenvalue weighted by Crippen LogP contribution is -2.34. The molecule has 27 heavy (non-hydrogen) atoms. The van der Waals surface area contributed by atoms with Crippen LogP contribution in [0, 0.1) is 5.92 Å². The van der Waals surface area contributed by atoms with Crippen molar-refractivity contribution in [2.45, 2.75) is 58.7 Å². The van der Waals surface area contributed by atoms with Crippen LogP contribution in [0.25, 0.3) is 11.0 Å². The lowest BCUT2D eigenvalue weighted by molar-refractivity contribution is -0.122. The first-order valence-electron chi connectivity index (χ1n) is 9.70. The number of hydrogen-bond acceptors (Lipinski definition) is 4. The first-order valence-corrected chi connectivity index (χ1v) is 9.70. The molecule has 0 saturated heterocycles. The van der Waals surface area contributed by atoms with Gasteiger partial charge >= 0.3 is 0 Å². The van der Waals surface area contributed by atoms with Gasteiger partial charge in [-0.15, -0.1) is 0 Å². The summed E-state index contributed by atoms with van der Waals surface area (Å²) in [5.41, 5.74) is 1.93. The Morgan fingerprint density at radius 2 is 2.04 bits per heavy atom. The summed E-state index contributed by atoms with van der Waals surface area (Å²) >= 11 is 0. The highest BCUT2D eigenvalue weighted by molar-refractivity contribution is 5.81. The summed E-state index contributed by atoms with van der Waals surface area (Å²) in [6, 6.07) is 7.90. The summed E-state index contributed by atoms with van der Waals surface area (Å²) in [5.74, 6) is 2.47. The molecule has 4 rings (SSSR count). The molecule has 0 radical (unpaired) electrons. The van der Waals surface area contributed by atoms with Crippen molar-refractivity contribution in [2.24, 2.45) is 5.92 Å². The van der Waals surface area contributed by atoms with E-state index in [0.717, 1.165) is 42.1 Å². The number of aryl methyl sites for hydroxylation is 1. The van der Waals surface area contributed by atoms with Crippen molar-refractivity contribution in [3.8, 4) is 0 Å². The Hall–Kier alpha value is -2.70. The Morgan fingerprint density at radius 3 is 2.74 bits per heavy atom. The predicted molar refractivity (Wildman–Crippen MR) is 103 cm³/mol. The lowest BCUT2D eigenvalue weighted by Gasteiger charge is -2.19. The van der Waals surface area contributed by atoms with E-state index in [2.05, 4.69) is 29.2 Å². The van der Waals surface area contributed by atoms with Crippen LogP contribution in [0.3, 0.4) is 0 Å². The SMILES string of the molecule is CCn1ncnc1C(NC(=O)Cn1c(C(C)C)nc2ccccc21)C1CC1. The standard InChI is InChI=1S/C20H26N6O/c1-4-26-20(21-12-22-26)18(14-9-10-14)24-17(27)11-25-16-8-6-5-7-15(16)23-19(25)13(2)3/h5-8,12-14,18H,4,9-11H2,1-3H3,(H,24,27). The van der Waals surface area contributed by atoms with Gasteiger partial charge in [0.05, 0.1) is 17.1 Å². The molecule has 142 valence electrons. The minimum absolute atomic E-state index is 0.0115. The number of nitrogens with zero attached hydrogens (tertiary/aromatic N) is 5. The van der Waals surface area contributed by atoms with Gasteiger partial charge < -0.3 is 9.88 Å². The molecule has 1 amide bonds. The Balaban J connectivity index is 1.59. The van der Waals surface area contributed by atoms with Crippen LogP contribution in [0.2, 0.25) is 0 Å². The highest BCUT2D eigenvalue weighted by Crippen LogP contribution is 2.40. The Bertz CT molecular complexity index is 952. The van der Waals surface area contributed by atoms with Gasteiger partial charge in [0.15, 0.2) is 0 Å². The molecule has 1 aliphatic rings. The maximum Gasteiger partial charge on any atom is 0.240 e. The van der Waals surface area contributed by atoms with Crippen LogP contribution in [-0.2, 0) is 17.9 Å². The summed E-state index contributed by atoms with van der Waals surface area (Å²) in [6.45, 7) is 7.25. The molecule has 1 aliphatic carbocycles. The van der Waals surface area contributed by atoms with Crippen LogP contribution >= 0.6 is 0 Å². The number of fused-ring (bicyclic) bond motifs is 1. The smallest absolute Gasteiger partial charge is 0.240 e. The lowest BCUT2D eigenvalue weighted by atomic mass is 10.1. The third kappa shape index (κ3) is 3.46. The number of imidazole rings is 1. The maximum absolute atomic E-state index is 12.9. The number of hydrogen-bond donors (Lipinski definition) is 1. The fraction of sp³-hybridized carbons (Fsp3) is 0.500.